The molecule has 0 saturated heterocycles. The zero-order chi connectivity index (χ0) is 95.8. The molecule has 9 aromatic carbocycles. The van der Waals surface area contributed by atoms with Crippen molar-refractivity contribution in [2.24, 2.45) is 9.98 Å². The number of hydrogen-bond acceptors (Lipinski definition) is 12. The average Bonchev–Trinajstić information content (AvgIpc) is 1.70. The number of rotatable bonds is 0. The average molecular weight is 1740 g/mol. The van der Waals surface area contributed by atoms with Crippen molar-refractivity contribution in [3.05, 3.63) is 337 Å². The highest BCUT2D eigenvalue weighted by Crippen LogP contribution is 2.46. The summed E-state index contributed by atoms with van der Waals surface area (Å²) < 4.78 is 11.0. The Balaban J connectivity index is 0.000000152. The minimum atomic E-state index is -0.00609. The van der Waals surface area contributed by atoms with Gasteiger partial charge in [-0.3, -0.25) is 29.2 Å². The van der Waals surface area contributed by atoms with Gasteiger partial charge < -0.3 is 30.7 Å². The van der Waals surface area contributed by atoms with Gasteiger partial charge in [0.05, 0.1) is 22.7 Å². The van der Waals surface area contributed by atoms with Crippen molar-refractivity contribution in [1.29, 1.82) is 0 Å². The second-order valence-electron chi connectivity index (χ2n) is 44.1. The molecule has 0 bridgehead atoms. The molecular formula is C118H144N6O6. The van der Waals surface area contributed by atoms with Crippen molar-refractivity contribution in [1.82, 2.24) is 0 Å². The molecule has 9 aromatic rings. The maximum atomic E-state index is 11.9. The van der Waals surface area contributed by atoms with Gasteiger partial charge in [-0.2, -0.15) is 0 Å². The van der Waals surface area contributed by atoms with Crippen molar-refractivity contribution in [3.63, 3.8) is 0 Å². The van der Waals surface area contributed by atoms with Crippen molar-refractivity contribution in [3.8, 4) is 11.5 Å². The number of aliphatic imine (C=N–C) groups is 2. The predicted octanol–water partition coefficient (Wildman–Crippen LogP) is 30.6. The first-order valence-corrected chi connectivity index (χ1v) is 46.0. The largest absolute Gasteiger partial charge is 0.440 e. The number of Topliss-reactive ketones (excluding diaryl/α,β-unsaturated/α-hetero) is 3. The number of nitrogens with one attached hydrogen (secondary N) is 4. The molecule has 0 fully saturated rings. The van der Waals surface area contributed by atoms with E-state index in [1.807, 2.05) is 85.0 Å². The molecule has 0 spiro atoms. The lowest BCUT2D eigenvalue weighted by molar-refractivity contribution is -0.114. The first-order valence-electron chi connectivity index (χ1n) is 46.0. The van der Waals surface area contributed by atoms with E-state index in [1.165, 1.54) is 85.4 Å². The summed E-state index contributed by atoms with van der Waals surface area (Å²) in [4.78, 5) is 55.5. The Morgan fingerprint density at radius 2 is 0.715 bits per heavy atom. The third kappa shape index (κ3) is 25.3. The second-order valence-corrected chi connectivity index (χ2v) is 44.1. The second kappa shape index (κ2) is 40.1. The Bertz CT molecular complexity index is 5560. The monoisotopic (exact) mass is 1740 g/mol. The molecule has 6 aliphatic heterocycles. The van der Waals surface area contributed by atoms with Crippen LogP contribution in [0.2, 0.25) is 0 Å². The Morgan fingerprint density at radius 1 is 0.315 bits per heavy atom. The number of anilines is 4. The fourth-order valence-corrected chi connectivity index (χ4v) is 17.4. The fourth-order valence-electron chi connectivity index (χ4n) is 17.4. The summed E-state index contributed by atoms with van der Waals surface area (Å²) in [6, 6.07) is 56.0. The number of nitrogens with zero attached hydrogens (tertiary/aromatic N) is 2. The molecule has 9 aliphatic rings. The van der Waals surface area contributed by atoms with Gasteiger partial charge in [-0.15, -0.1) is 0 Å². The topological polar surface area (TPSA) is 160 Å². The highest BCUT2D eigenvalue weighted by Gasteiger charge is 2.33. The van der Waals surface area contributed by atoms with Crippen molar-refractivity contribution < 1.29 is 28.7 Å². The number of hydrogen-bond donors (Lipinski definition) is 4. The number of carbonyl (C=O) groups excluding carboxylic acids is 4. The van der Waals surface area contributed by atoms with E-state index in [0.717, 1.165) is 97.4 Å². The van der Waals surface area contributed by atoms with E-state index in [0.29, 0.717) is 37.4 Å². The molecule has 12 nitrogen and oxygen atoms in total. The molecule has 18 rings (SSSR count). The van der Waals surface area contributed by atoms with Crippen LogP contribution in [0.1, 0.15) is 333 Å². The van der Waals surface area contributed by atoms with Crippen LogP contribution in [-0.2, 0) is 79.2 Å². The molecule has 0 unspecified atom stereocenters. The summed E-state index contributed by atoms with van der Waals surface area (Å²) in [6.07, 6.45) is 21.8. The first-order chi connectivity index (χ1) is 60.5. The molecule has 12 heteroatoms. The lowest BCUT2D eigenvalue weighted by Crippen LogP contribution is -2.19. The maximum absolute atomic E-state index is 11.9. The molecule has 0 aromatic heterocycles. The van der Waals surface area contributed by atoms with Gasteiger partial charge in [-0.1, -0.05) is 358 Å². The minimum absolute atomic E-state index is 0.00609. The van der Waals surface area contributed by atoms with E-state index in [4.69, 9.17) is 9.47 Å². The third-order valence-electron chi connectivity index (χ3n) is 23.8. The molecule has 0 saturated carbocycles. The van der Waals surface area contributed by atoms with Gasteiger partial charge in [-0.25, -0.2) is 0 Å². The highest BCUT2D eigenvalue weighted by atomic mass is 16.5. The number of carbonyl (C=O) groups is 4. The van der Waals surface area contributed by atoms with E-state index >= 15 is 0 Å². The maximum Gasteiger partial charge on any atom is 0.190 e. The van der Waals surface area contributed by atoms with Crippen molar-refractivity contribution >= 4 is 87.9 Å². The summed E-state index contributed by atoms with van der Waals surface area (Å²) in [5.41, 5.74) is 32.9. The number of benzene rings is 9. The molecule has 682 valence electrons. The van der Waals surface area contributed by atoms with Gasteiger partial charge in [0, 0.05) is 96.0 Å². The van der Waals surface area contributed by atoms with Gasteiger partial charge >= 0.3 is 0 Å². The number of ether oxygens (including phenoxy) is 2. The summed E-state index contributed by atoms with van der Waals surface area (Å²) in [6.45, 7) is 74.7. The zero-order valence-electron chi connectivity index (χ0n) is 83.0. The number of allylic oxidation sites excluding steroid dienone is 5. The Kier molecular flexibility index (Phi) is 30.9. The first kappa shape index (κ1) is 100. The SMILES string of the molecule is C=C1Cc2c(cccc2C(C)(C)C)N1.C=C1Cc2c(cccc2C(C)(C)C)N1.C=C1Nc2c(cccc2C(C)(C)C)O1.C=C1Nc2cccc(C(C)(C)C)c2O1.CC(C)(C)c1cccc2c1C(=O)CC=C2.CC(C)(C)c1cccc2c1C(=O)CC=N2.CC(C)(C)c1cccc2c1CC(=O)C=C2.CC(C)(C)c1cccc2c1CCC=C2.CC(C)(C)c1cccc2c1N=CCC2=O. The Labute approximate surface area is 778 Å². The summed E-state index contributed by atoms with van der Waals surface area (Å²) in [7, 11) is 0. The van der Waals surface area contributed by atoms with Crippen LogP contribution in [0.3, 0.4) is 0 Å². The van der Waals surface area contributed by atoms with Gasteiger partial charge in [0.2, 0.25) is 0 Å². The van der Waals surface area contributed by atoms with Crippen LogP contribution in [0.15, 0.2) is 241 Å². The van der Waals surface area contributed by atoms with Gasteiger partial charge in [0.1, 0.15) is 0 Å². The molecule has 4 N–H and O–H groups in total. The fraction of sp³-hybridized carbons (Fsp3) is 0.373. The molecule has 0 atom stereocenters. The van der Waals surface area contributed by atoms with Gasteiger partial charge in [0.25, 0.3) is 0 Å². The van der Waals surface area contributed by atoms with Crippen LogP contribution < -0.4 is 30.7 Å². The van der Waals surface area contributed by atoms with Crippen molar-refractivity contribution in [2.75, 3.05) is 21.3 Å². The van der Waals surface area contributed by atoms with Crippen LogP contribution in [-0.4, -0.2) is 35.6 Å². The Morgan fingerprint density at radius 3 is 1.25 bits per heavy atom. The lowest BCUT2D eigenvalue weighted by Gasteiger charge is -2.25. The van der Waals surface area contributed by atoms with Crippen molar-refractivity contribution in [2.45, 2.75) is 287 Å². The van der Waals surface area contributed by atoms with Crippen LogP contribution >= 0.6 is 0 Å². The van der Waals surface area contributed by atoms with Crippen LogP contribution in [0, 0.1) is 0 Å². The molecular weight excluding hydrogens is 1600 g/mol. The summed E-state index contributed by atoms with van der Waals surface area (Å²) >= 11 is 0. The predicted molar refractivity (Wildman–Crippen MR) is 553 cm³/mol. The molecule has 130 heavy (non-hydrogen) atoms. The summed E-state index contributed by atoms with van der Waals surface area (Å²) in [5, 5.41) is 12.9. The normalized spacial score (nSPS) is 15.1. The summed E-state index contributed by atoms with van der Waals surface area (Å²) in [5.74, 6) is 3.83. The molecule has 0 amide bonds. The van der Waals surface area contributed by atoms with E-state index in [2.05, 4.69) is 354 Å². The minimum Gasteiger partial charge on any atom is -0.440 e. The number of ketones is 4. The number of para-hydroxylation sites is 3. The van der Waals surface area contributed by atoms with E-state index < -0.39 is 0 Å². The standard InChI is InChI=1S/2C14H16O.C14H18.2C13H15NO.2C13H17N.2C12H15NO/c1-14(2,3)11-8-4-6-10-7-5-9-12(15)13(10)11;1-14(2,3)13-6-4-5-10-7-8-11(15)9-12(10)13;1-14(2,3)13-10-6-8-11-7-4-5-9-12(11)13;1-13(2,3)9-5-4-6-10-12(9)11(15)7-8-14-10;1-13(2,3)10-6-4-5-9-11(15)7-8-14-12(9)10;2*1-9-8-10-11(13(2,3)4)6-5-7-12(10)14-9;1-8-13-11-9(12(2,3)4)6-5-7-10(11)14-8;1-8-13-10-7-5-6-9(11(10)14-8)12(2,3)4/h2*4-8H,9H2,1-3H3;4,6-8,10H,5,9H2,1-3H3;2*4-6,8H,7H2,1-3H3;2*5-7,14H,1,8H2,2-4H3;2*5-7,13H,1H2,2-4H3. The van der Waals surface area contributed by atoms with Crippen LogP contribution in [0.5, 0.6) is 11.5 Å². The van der Waals surface area contributed by atoms with E-state index in [-0.39, 0.29) is 71.9 Å². The van der Waals surface area contributed by atoms with Crippen LogP contribution in [0.25, 0.3) is 18.2 Å². The lowest BCUT2D eigenvalue weighted by atomic mass is 9.79. The van der Waals surface area contributed by atoms with E-state index in [1.54, 1.807) is 24.1 Å². The Hall–Kier alpha value is -12.0. The van der Waals surface area contributed by atoms with E-state index in [9.17, 15) is 19.2 Å². The molecule has 6 heterocycles. The van der Waals surface area contributed by atoms with Gasteiger partial charge in [-0.05, 0) is 201 Å². The highest BCUT2D eigenvalue weighted by molar-refractivity contribution is 6.12. The smallest absolute Gasteiger partial charge is 0.190 e. The van der Waals surface area contributed by atoms with Gasteiger partial charge in [0.15, 0.2) is 46.4 Å². The quantitative estimate of drug-likeness (QED) is 0.115. The molecule has 0 radical (unpaired) electrons. The van der Waals surface area contributed by atoms with Crippen LogP contribution in [0.4, 0.5) is 34.1 Å². The number of fused-ring (bicyclic) bond motifs is 9. The zero-order valence-corrected chi connectivity index (χ0v) is 83.0. The molecule has 3 aliphatic carbocycles. The third-order valence-corrected chi connectivity index (χ3v) is 23.8.